The van der Waals surface area contributed by atoms with Gasteiger partial charge in [0.15, 0.2) is 0 Å². The molecular weight excluding hydrogens is 264 g/mol. The second-order valence-electron chi connectivity index (χ2n) is 5.07. The van der Waals surface area contributed by atoms with Gasteiger partial charge in [0.2, 0.25) is 0 Å². The van der Waals surface area contributed by atoms with E-state index in [9.17, 15) is 8.78 Å². The number of ether oxygens (including phenoxy) is 2. The summed E-state index contributed by atoms with van der Waals surface area (Å²) in [6, 6.07) is 6.69. The van der Waals surface area contributed by atoms with E-state index in [0.29, 0.717) is 0 Å². The van der Waals surface area contributed by atoms with Gasteiger partial charge in [-0.1, -0.05) is 12.1 Å². The number of hydrogen-bond acceptors (Lipinski definition) is 3. The highest BCUT2D eigenvalue weighted by atomic mass is 19.3. The number of hydrogen-bond donors (Lipinski definition) is 1. The molecular formula is C15H21F2NO2. The third-order valence-corrected chi connectivity index (χ3v) is 3.17. The van der Waals surface area contributed by atoms with Crippen LogP contribution in [0.1, 0.15) is 24.8 Å². The van der Waals surface area contributed by atoms with Gasteiger partial charge in [0.05, 0.1) is 0 Å². The van der Waals surface area contributed by atoms with Crippen molar-refractivity contribution in [2.24, 2.45) is 5.92 Å². The van der Waals surface area contributed by atoms with Gasteiger partial charge in [0.25, 0.3) is 0 Å². The molecule has 1 aliphatic carbocycles. The molecule has 20 heavy (non-hydrogen) atoms. The van der Waals surface area contributed by atoms with Crippen LogP contribution < -0.4 is 10.1 Å². The number of rotatable bonds is 10. The zero-order valence-corrected chi connectivity index (χ0v) is 11.5. The molecule has 0 unspecified atom stereocenters. The van der Waals surface area contributed by atoms with Crippen molar-refractivity contribution in [3.8, 4) is 5.75 Å². The Kier molecular flexibility index (Phi) is 6.21. The Bertz CT molecular complexity index is 380. The largest absolute Gasteiger partial charge is 0.435 e. The van der Waals surface area contributed by atoms with Gasteiger partial charge in [-0.3, -0.25) is 0 Å². The maximum atomic E-state index is 12.0. The van der Waals surface area contributed by atoms with Crippen LogP contribution in [0.4, 0.5) is 8.78 Å². The molecule has 0 bridgehead atoms. The average Bonchev–Trinajstić information content (AvgIpc) is 3.23. The van der Waals surface area contributed by atoms with E-state index < -0.39 is 6.61 Å². The second kappa shape index (κ2) is 8.17. The van der Waals surface area contributed by atoms with Crippen molar-refractivity contribution < 1.29 is 18.3 Å². The Balaban J connectivity index is 1.52. The van der Waals surface area contributed by atoms with Crippen LogP contribution >= 0.6 is 0 Å². The van der Waals surface area contributed by atoms with Gasteiger partial charge >= 0.3 is 6.61 Å². The highest BCUT2D eigenvalue weighted by Crippen LogP contribution is 2.28. The normalized spacial score (nSPS) is 14.8. The summed E-state index contributed by atoms with van der Waals surface area (Å²) in [7, 11) is 0. The third-order valence-electron chi connectivity index (χ3n) is 3.17. The molecule has 0 aliphatic heterocycles. The van der Waals surface area contributed by atoms with E-state index in [1.54, 1.807) is 24.3 Å². The highest BCUT2D eigenvalue weighted by Gasteiger charge is 2.20. The Morgan fingerprint density at radius 1 is 1.20 bits per heavy atom. The summed E-state index contributed by atoms with van der Waals surface area (Å²) in [4.78, 5) is 0. The molecule has 112 valence electrons. The van der Waals surface area contributed by atoms with Gasteiger partial charge in [-0.15, -0.1) is 0 Å². The second-order valence-corrected chi connectivity index (χ2v) is 5.07. The predicted molar refractivity (Wildman–Crippen MR) is 72.9 cm³/mol. The van der Waals surface area contributed by atoms with Gasteiger partial charge in [-0.05, 0) is 49.4 Å². The van der Waals surface area contributed by atoms with Crippen LogP contribution in [0.15, 0.2) is 24.3 Å². The molecule has 1 fully saturated rings. The van der Waals surface area contributed by atoms with Crippen LogP contribution in [0, 0.1) is 5.92 Å². The van der Waals surface area contributed by atoms with Crippen LogP contribution in [0.2, 0.25) is 0 Å². The van der Waals surface area contributed by atoms with Crippen molar-refractivity contribution in [3.63, 3.8) is 0 Å². The Morgan fingerprint density at radius 3 is 2.60 bits per heavy atom. The van der Waals surface area contributed by atoms with Crippen molar-refractivity contribution >= 4 is 0 Å². The van der Waals surface area contributed by atoms with Gasteiger partial charge in [0, 0.05) is 19.8 Å². The summed E-state index contributed by atoms with van der Waals surface area (Å²) in [6.07, 6.45) is 3.63. The van der Waals surface area contributed by atoms with Crippen molar-refractivity contribution in [2.45, 2.75) is 32.4 Å². The molecule has 1 N–H and O–H groups in total. The molecule has 2 rings (SSSR count). The van der Waals surface area contributed by atoms with E-state index in [1.165, 1.54) is 12.8 Å². The standard InChI is InChI=1S/C15H21F2NO2/c16-15(17)20-14-6-4-12(5-7-14)10-18-8-1-9-19-11-13-2-3-13/h4-7,13,15,18H,1-3,8-11H2. The van der Waals surface area contributed by atoms with Crippen molar-refractivity contribution in [2.75, 3.05) is 19.8 Å². The molecule has 1 aromatic rings. The molecule has 1 saturated carbocycles. The van der Waals surface area contributed by atoms with Crippen LogP contribution in [0.25, 0.3) is 0 Å². The zero-order chi connectivity index (χ0) is 14.2. The van der Waals surface area contributed by atoms with Crippen molar-refractivity contribution in [3.05, 3.63) is 29.8 Å². The smallest absolute Gasteiger partial charge is 0.387 e. The predicted octanol–water partition coefficient (Wildman–Crippen LogP) is 3.19. The molecule has 0 atom stereocenters. The van der Waals surface area contributed by atoms with Gasteiger partial charge < -0.3 is 14.8 Å². The van der Waals surface area contributed by atoms with E-state index in [0.717, 1.165) is 44.2 Å². The van der Waals surface area contributed by atoms with E-state index in [-0.39, 0.29) is 5.75 Å². The first-order chi connectivity index (χ1) is 9.74. The van der Waals surface area contributed by atoms with Crippen molar-refractivity contribution in [1.82, 2.24) is 5.32 Å². The van der Waals surface area contributed by atoms with Crippen LogP contribution in [-0.4, -0.2) is 26.4 Å². The van der Waals surface area contributed by atoms with E-state index >= 15 is 0 Å². The lowest BCUT2D eigenvalue weighted by molar-refractivity contribution is -0.0498. The lowest BCUT2D eigenvalue weighted by atomic mass is 10.2. The summed E-state index contributed by atoms with van der Waals surface area (Å²) in [6.45, 7) is 0.544. The van der Waals surface area contributed by atoms with Gasteiger partial charge in [0.1, 0.15) is 5.75 Å². The fourth-order valence-corrected chi connectivity index (χ4v) is 1.86. The lowest BCUT2D eigenvalue weighted by Gasteiger charge is -2.07. The Hall–Kier alpha value is -1.20. The maximum absolute atomic E-state index is 12.0. The fourth-order valence-electron chi connectivity index (χ4n) is 1.86. The van der Waals surface area contributed by atoms with Crippen LogP contribution in [0.5, 0.6) is 5.75 Å². The minimum atomic E-state index is -2.77. The summed E-state index contributed by atoms with van der Waals surface area (Å²) >= 11 is 0. The van der Waals surface area contributed by atoms with Crippen molar-refractivity contribution in [1.29, 1.82) is 0 Å². The lowest BCUT2D eigenvalue weighted by Crippen LogP contribution is -2.16. The minimum Gasteiger partial charge on any atom is -0.435 e. The summed E-state index contributed by atoms with van der Waals surface area (Å²) < 4.78 is 33.8. The zero-order valence-electron chi connectivity index (χ0n) is 11.5. The molecule has 0 amide bonds. The molecule has 0 spiro atoms. The maximum Gasteiger partial charge on any atom is 0.387 e. The monoisotopic (exact) mass is 285 g/mol. The first-order valence-corrected chi connectivity index (χ1v) is 7.06. The first-order valence-electron chi connectivity index (χ1n) is 7.06. The molecule has 5 heteroatoms. The fraction of sp³-hybridized carbons (Fsp3) is 0.600. The van der Waals surface area contributed by atoms with Gasteiger partial charge in [-0.25, -0.2) is 0 Å². The topological polar surface area (TPSA) is 30.5 Å². The quantitative estimate of drug-likeness (QED) is 0.670. The molecule has 3 nitrogen and oxygen atoms in total. The number of alkyl halides is 2. The van der Waals surface area contributed by atoms with Crippen LogP contribution in [-0.2, 0) is 11.3 Å². The molecule has 0 saturated heterocycles. The molecule has 1 aromatic carbocycles. The van der Waals surface area contributed by atoms with E-state index in [1.807, 2.05) is 0 Å². The average molecular weight is 285 g/mol. The number of benzene rings is 1. The number of nitrogens with one attached hydrogen (secondary N) is 1. The molecule has 1 aliphatic rings. The van der Waals surface area contributed by atoms with Crippen LogP contribution in [0.3, 0.4) is 0 Å². The van der Waals surface area contributed by atoms with E-state index in [2.05, 4.69) is 10.1 Å². The minimum absolute atomic E-state index is 0.192. The van der Waals surface area contributed by atoms with Gasteiger partial charge in [-0.2, -0.15) is 8.78 Å². The molecule has 0 heterocycles. The highest BCUT2D eigenvalue weighted by molar-refractivity contribution is 5.27. The SMILES string of the molecule is FC(F)Oc1ccc(CNCCCOCC2CC2)cc1. The summed E-state index contributed by atoms with van der Waals surface area (Å²) in [5.74, 6) is 1.01. The third kappa shape index (κ3) is 6.30. The summed E-state index contributed by atoms with van der Waals surface area (Å²) in [5, 5.41) is 3.30. The Morgan fingerprint density at radius 2 is 1.95 bits per heavy atom. The first kappa shape index (κ1) is 15.2. The Labute approximate surface area is 118 Å². The molecule has 0 aromatic heterocycles. The molecule has 0 radical (unpaired) electrons. The number of halogens is 2. The summed E-state index contributed by atoms with van der Waals surface area (Å²) in [5.41, 5.74) is 1.05. The van der Waals surface area contributed by atoms with E-state index in [4.69, 9.17) is 4.74 Å².